The van der Waals surface area contributed by atoms with Crippen molar-refractivity contribution in [1.82, 2.24) is 0 Å². The molecule has 0 bridgehead atoms. The molecule has 0 amide bonds. The predicted octanol–water partition coefficient (Wildman–Crippen LogP) is 2.67. The van der Waals surface area contributed by atoms with E-state index in [-0.39, 0.29) is 24.8 Å². The molecule has 6 rings (SSSR count). The van der Waals surface area contributed by atoms with Gasteiger partial charge in [0.25, 0.3) is 0 Å². The third kappa shape index (κ3) is 5.07. The van der Waals surface area contributed by atoms with Crippen LogP contribution in [0.3, 0.4) is 0 Å². The molecule has 0 saturated carbocycles. The maximum absolute atomic E-state index is 2.59. The molecule has 0 unspecified atom stereocenters. The van der Waals surface area contributed by atoms with E-state index in [9.17, 15) is 0 Å². The van der Waals surface area contributed by atoms with Crippen LogP contribution in [0.25, 0.3) is 11.1 Å². The second kappa shape index (κ2) is 12.0. The zero-order valence-corrected chi connectivity index (χ0v) is 25.2. The molecule has 0 spiro atoms. The average Bonchev–Trinajstić information content (AvgIpc) is 3.46. The molecular weight excluding hydrogens is 571 g/mol. The first-order chi connectivity index (χ1) is 17.3. The molecular formula is C34H30Cl2Zr. The summed E-state index contributed by atoms with van der Waals surface area (Å²) in [4.78, 5) is 0. The van der Waals surface area contributed by atoms with Crippen molar-refractivity contribution in [2.75, 3.05) is 0 Å². The summed E-state index contributed by atoms with van der Waals surface area (Å²) in [5, 5.41) is 0. The van der Waals surface area contributed by atoms with Crippen LogP contribution in [0.1, 0.15) is 52.6 Å². The van der Waals surface area contributed by atoms with Crippen molar-refractivity contribution >= 4 is 3.21 Å². The zero-order chi connectivity index (χ0) is 23.8. The number of rotatable bonds is 5. The molecule has 0 N–H and O–H groups in total. The van der Waals surface area contributed by atoms with Crippen LogP contribution in [-0.4, -0.2) is 3.21 Å². The van der Waals surface area contributed by atoms with Crippen LogP contribution in [0.15, 0.2) is 130 Å². The Labute approximate surface area is 241 Å². The molecule has 0 aromatic heterocycles. The van der Waals surface area contributed by atoms with Gasteiger partial charge in [-0.3, -0.25) is 0 Å². The van der Waals surface area contributed by atoms with Gasteiger partial charge in [0.1, 0.15) is 0 Å². The summed E-state index contributed by atoms with van der Waals surface area (Å²) in [5.41, 5.74) is 11.9. The van der Waals surface area contributed by atoms with Gasteiger partial charge in [-0.1, -0.05) is 0 Å². The van der Waals surface area contributed by atoms with Gasteiger partial charge in [0.2, 0.25) is 0 Å². The second-order valence-electron chi connectivity index (χ2n) is 9.61. The first kappa shape index (κ1) is 27.7. The van der Waals surface area contributed by atoms with Crippen LogP contribution in [0.2, 0.25) is 0 Å². The van der Waals surface area contributed by atoms with Gasteiger partial charge in [0.05, 0.1) is 0 Å². The van der Waals surface area contributed by atoms with E-state index in [1.165, 1.54) is 39.0 Å². The van der Waals surface area contributed by atoms with Gasteiger partial charge in [0, 0.05) is 0 Å². The third-order valence-corrected chi connectivity index (χ3v) is 15.8. The Morgan fingerprint density at radius 1 is 0.676 bits per heavy atom. The smallest absolute Gasteiger partial charge is 1.00 e. The summed E-state index contributed by atoms with van der Waals surface area (Å²) in [5.74, 6) is 0. The van der Waals surface area contributed by atoms with Gasteiger partial charge in [-0.2, -0.15) is 0 Å². The van der Waals surface area contributed by atoms with Gasteiger partial charge in [-0.05, 0) is 0 Å². The summed E-state index contributed by atoms with van der Waals surface area (Å²) in [7, 11) is 0. The van der Waals surface area contributed by atoms with E-state index in [4.69, 9.17) is 0 Å². The first-order valence-electron chi connectivity index (χ1n) is 12.7. The molecule has 4 aromatic rings. The van der Waals surface area contributed by atoms with Crippen molar-refractivity contribution in [3.05, 3.63) is 152 Å². The van der Waals surface area contributed by atoms with E-state index in [0.29, 0.717) is 3.63 Å². The van der Waals surface area contributed by atoms with Crippen molar-refractivity contribution in [1.29, 1.82) is 0 Å². The van der Waals surface area contributed by atoms with Crippen molar-refractivity contribution in [2.24, 2.45) is 0 Å². The van der Waals surface area contributed by atoms with E-state index in [0.717, 1.165) is 12.8 Å². The Hall–Kier alpha value is -2.31. The van der Waals surface area contributed by atoms with Crippen LogP contribution >= 0.6 is 0 Å². The summed E-state index contributed by atoms with van der Waals surface area (Å²) >= 11 is -2.56. The fourth-order valence-electron chi connectivity index (χ4n) is 6.00. The monoisotopic (exact) mass is 598 g/mol. The van der Waals surface area contributed by atoms with Crippen molar-refractivity contribution < 1.29 is 46.1 Å². The summed E-state index contributed by atoms with van der Waals surface area (Å²) < 4.78 is 3.85. The molecule has 184 valence electrons. The average molecular weight is 601 g/mol. The molecule has 0 aliphatic heterocycles. The molecule has 0 radical (unpaired) electrons. The molecule has 0 heterocycles. The maximum atomic E-state index is 2.59. The van der Waals surface area contributed by atoms with Crippen LogP contribution in [0.4, 0.5) is 0 Å². The molecule has 0 nitrogen and oxygen atoms in total. The molecule has 3 heteroatoms. The van der Waals surface area contributed by atoms with Gasteiger partial charge in [-0.15, -0.1) is 0 Å². The van der Waals surface area contributed by atoms with Crippen molar-refractivity contribution in [3.8, 4) is 11.1 Å². The minimum absolute atomic E-state index is 0. The maximum Gasteiger partial charge on any atom is -1.00 e. The minimum Gasteiger partial charge on any atom is -1.00 e. The van der Waals surface area contributed by atoms with Crippen molar-refractivity contribution in [3.63, 3.8) is 0 Å². The standard InChI is InChI=1S/C13H9.C13H10.C8H11.2ClH.Zr/c1-3-7-12-10(5-1)9-11-6-2-4-8-13(11)12;1-3-7-12(8-4-1)11-13-9-5-2-6-10-13;1-3-8-6-4-5-7(8)2;;;/h1-9H;1-10H;5H,3,6H2,1-2H3;2*1H;/q;;;;;+2/p-2. The summed E-state index contributed by atoms with van der Waals surface area (Å²) in [6.07, 6.45) is 4.89. The summed E-state index contributed by atoms with van der Waals surface area (Å²) in [6, 6.07) is 40.9. The van der Waals surface area contributed by atoms with Gasteiger partial charge in [0.15, 0.2) is 0 Å². The van der Waals surface area contributed by atoms with Crippen LogP contribution in [0.5, 0.6) is 0 Å². The molecule has 2 aliphatic carbocycles. The molecule has 0 fully saturated rings. The zero-order valence-electron chi connectivity index (χ0n) is 21.2. The number of halogens is 2. The quantitative estimate of drug-likeness (QED) is 0.331. The number of benzene rings is 4. The Kier molecular flexibility index (Phi) is 9.02. The van der Waals surface area contributed by atoms with E-state index >= 15 is 0 Å². The van der Waals surface area contributed by atoms with E-state index in [1.54, 1.807) is 12.1 Å². The van der Waals surface area contributed by atoms with Crippen LogP contribution in [0, 0.1) is 0 Å². The Bertz CT molecular complexity index is 1410. The molecule has 4 aromatic carbocycles. The Morgan fingerprint density at radius 2 is 1.14 bits per heavy atom. The fraction of sp³-hybridized carbons (Fsp3) is 0.147. The Balaban J connectivity index is 0.00000160. The summed E-state index contributed by atoms with van der Waals surface area (Å²) in [6.45, 7) is 4.64. The number of hydrogen-bond acceptors (Lipinski definition) is 0. The molecule has 2 aliphatic rings. The van der Waals surface area contributed by atoms with Crippen LogP contribution < -0.4 is 24.8 Å². The molecule has 37 heavy (non-hydrogen) atoms. The molecule has 0 saturated heterocycles. The predicted molar refractivity (Wildman–Crippen MR) is 146 cm³/mol. The minimum atomic E-state index is -2.56. The van der Waals surface area contributed by atoms with Crippen molar-refractivity contribution in [2.45, 2.75) is 30.3 Å². The first-order valence-corrected chi connectivity index (χ1v) is 16.6. The van der Waals surface area contributed by atoms with Gasteiger partial charge in [-0.25, -0.2) is 0 Å². The third-order valence-electron chi connectivity index (χ3n) is 7.64. The second-order valence-corrected chi connectivity index (χ2v) is 15.9. The number of fused-ring (bicyclic) bond motifs is 3. The number of hydrogen-bond donors (Lipinski definition) is 0. The largest absolute Gasteiger partial charge is 1.00 e. The number of allylic oxidation sites excluding steroid dienone is 4. The van der Waals surface area contributed by atoms with E-state index < -0.39 is 21.3 Å². The fourth-order valence-corrected chi connectivity index (χ4v) is 15.4. The normalized spacial score (nSPS) is 13.5. The molecule has 0 atom stereocenters. The van der Waals surface area contributed by atoms with Gasteiger partial charge < -0.3 is 24.8 Å². The van der Waals surface area contributed by atoms with Crippen LogP contribution in [-0.2, 0) is 21.3 Å². The van der Waals surface area contributed by atoms with E-state index in [1.807, 2.05) is 0 Å². The SMILES string of the molecule is CCC1=C(C)C=[C]([Zr+2](=[C](c2ccccc2)c2ccccc2)[CH]2c3ccccc3-c3ccccc32)C1.[Cl-].[Cl-]. The topological polar surface area (TPSA) is 0 Å². The van der Waals surface area contributed by atoms with Gasteiger partial charge >= 0.3 is 218 Å². The van der Waals surface area contributed by atoms with E-state index in [2.05, 4.69) is 129 Å². The Morgan fingerprint density at radius 3 is 1.59 bits per heavy atom.